The molecule has 0 atom stereocenters. The molecule has 0 bridgehead atoms. The van der Waals surface area contributed by atoms with Crippen LogP contribution in [0.4, 0.5) is 10.3 Å². The van der Waals surface area contributed by atoms with Gasteiger partial charge in [0.1, 0.15) is 11.3 Å². The number of hydrogen-bond acceptors (Lipinski definition) is 4. The summed E-state index contributed by atoms with van der Waals surface area (Å²) in [5.74, 6) is -0.174. The predicted molar refractivity (Wildman–Crippen MR) is 70.2 cm³/mol. The molecule has 2 N–H and O–H groups in total. The first-order valence-corrected chi connectivity index (χ1v) is 5.89. The Hall–Kier alpha value is -2.21. The van der Waals surface area contributed by atoms with E-state index in [9.17, 15) is 4.39 Å². The summed E-state index contributed by atoms with van der Waals surface area (Å²) in [6, 6.07) is 6.22. The van der Waals surface area contributed by atoms with Gasteiger partial charge in [-0.15, -0.1) is 0 Å². The Bertz CT molecular complexity index is 738. The van der Waals surface area contributed by atoms with Crippen molar-refractivity contribution in [2.45, 2.75) is 6.54 Å². The Morgan fingerprint density at radius 3 is 2.68 bits per heavy atom. The van der Waals surface area contributed by atoms with Crippen LogP contribution in [0.2, 0.25) is 5.15 Å². The molecular formula is C12H9ClFN5. The Balaban J connectivity index is 2.03. The maximum Gasteiger partial charge on any atom is 0.223 e. The molecule has 2 aromatic heterocycles. The summed E-state index contributed by atoms with van der Waals surface area (Å²) in [6.07, 6.45) is 1.61. The average molecular weight is 278 g/mol. The normalized spacial score (nSPS) is 11.1. The lowest BCUT2D eigenvalue weighted by Gasteiger charge is -2.04. The highest BCUT2D eigenvalue weighted by Gasteiger charge is 2.10. The number of nitrogen functional groups attached to an aromatic ring is 1. The van der Waals surface area contributed by atoms with Gasteiger partial charge in [-0.1, -0.05) is 23.7 Å². The fourth-order valence-corrected chi connectivity index (χ4v) is 2.05. The van der Waals surface area contributed by atoms with Crippen molar-refractivity contribution in [2.75, 3.05) is 5.73 Å². The molecule has 0 aliphatic rings. The van der Waals surface area contributed by atoms with E-state index < -0.39 is 0 Å². The average Bonchev–Trinajstić information content (AvgIpc) is 2.76. The molecular weight excluding hydrogens is 269 g/mol. The van der Waals surface area contributed by atoms with Crippen LogP contribution in [0.5, 0.6) is 0 Å². The molecule has 1 aromatic carbocycles. The number of imidazole rings is 1. The molecule has 3 aromatic rings. The molecule has 3 rings (SSSR count). The van der Waals surface area contributed by atoms with Crippen LogP contribution < -0.4 is 5.73 Å². The van der Waals surface area contributed by atoms with Gasteiger partial charge in [0.25, 0.3) is 0 Å². The summed E-state index contributed by atoms with van der Waals surface area (Å²) in [6.45, 7) is 0.504. The third-order valence-electron chi connectivity index (χ3n) is 2.70. The first-order valence-electron chi connectivity index (χ1n) is 5.52. The van der Waals surface area contributed by atoms with E-state index in [0.29, 0.717) is 17.7 Å². The van der Waals surface area contributed by atoms with E-state index in [2.05, 4.69) is 15.0 Å². The molecule has 5 nitrogen and oxygen atoms in total. The van der Waals surface area contributed by atoms with Gasteiger partial charge in [-0.05, 0) is 17.7 Å². The number of nitrogens with zero attached hydrogens (tertiary/aromatic N) is 4. The van der Waals surface area contributed by atoms with Crippen molar-refractivity contribution in [3.05, 3.63) is 47.1 Å². The summed E-state index contributed by atoms with van der Waals surface area (Å²) in [5.41, 5.74) is 7.55. The fraction of sp³-hybridized carbons (Fsp3) is 0.0833. The van der Waals surface area contributed by atoms with Crippen molar-refractivity contribution in [3.8, 4) is 0 Å². The maximum absolute atomic E-state index is 12.9. The zero-order valence-corrected chi connectivity index (χ0v) is 10.5. The van der Waals surface area contributed by atoms with Gasteiger partial charge in [-0.25, -0.2) is 9.37 Å². The largest absolute Gasteiger partial charge is 0.368 e. The number of anilines is 1. The number of rotatable bonds is 2. The third kappa shape index (κ3) is 2.22. The maximum atomic E-state index is 12.9. The second kappa shape index (κ2) is 4.47. The molecule has 0 aliphatic carbocycles. The molecule has 0 amide bonds. The highest BCUT2D eigenvalue weighted by Crippen LogP contribution is 2.20. The Labute approximate surface area is 112 Å². The standard InChI is InChI=1S/C12H9ClFN5/c13-10-9-11(18-12(15)17-10)19(6-16-9)5-7-1-3-8(14)4-2-7/h1-4,6H,5H2,(H2,15,17,18). The lowest BCUT2D eigenvalue weighted by Crippen LogP contribution is -2.02. The van der Waals surface area contributed by atoms with E-state index in [-0.39, 0.29) is 16.9 Å². The van der Waals surface area contributed by atoms with Crippen molar-refractivity contribution in [1.82, 2.24) is 19.5 Å². The Morgan fingerprint density at radius 2 is 1.95 bits per heavy atom. The van der Waals surface area contributed by atoms with E-state index in [1.54, 1.807) is 23.0 Å². The van der Waals surface area contributed by atoms with E-state index in [1.807, 2.05) is 0 Å². The summed E-state index contributed by atoms with van der Waals surface area (Å²) in [7, 11) is 0. The number of nitrogens with two attached hydrogens (primary N) is 1. The molecule has 0 unspecified atom stereocenters. The van der Waals surface area contributed by atoms with Crippen molar-refractivity contribution in [1.29, 1.82) is 0 Å². The van der Waals surface area contributed by atoms with Gasteiger partial charge < -0.3 is 10.3 Å². The van der Waals surface area contributed by atoms with Crippen molar-refractivity contribution >= 4 is 28.7 Å². The topological polar surface area (TPSA) is 69.6 Å². The lowest BCUT2D eigenvalue weighted by atomic mass is 10.2. The first kappa shape index (κ1) is 11.9. The molecule has 0 saturated heterocycles. The van der Waals surface area contributed by atoms with Crippen molar-refractivity contribution in [3.63, 3.8) is 0 Å². The minimum absolute atomic E-state index is 0.0957. The molecule has 96 valence electrons. The van der Waals surface area contributed by atoms with E-state index in [1.165, 1.54) is 12.1 Å². The Morgan fingerprint density at radius 1 is 1.21 bits per heavy atom. The van der Waals surface area contributed by atoms with Crippen LogP contribution in [-0.4, -0.2) is 19.5 Å². The van der Waals surface area contributed by atoms with Gasteiger partial charge in [-0.2, -0.15) is 9.97 Å². The Kier molecular flexibility index (Phi) is 2.79. The molecule has 0 saturated carbocycles. The third-order valence-corrected chi connectivity index (χ3v) is 2.97. The number of aromatic nitrogens is 4. The summed E-state index contributed by atoms with van der Waals surface area (Å²) >= 11 is 5.94. The predicted octanol–water partition coefficient (Wildman–Crippen LogP) is 2.25. The second-order valence-corrected chi connectivity index (χ2v) is 4.40. The van der Waals surface area contributed by atoms with Gasteiger partial charge in [0.05, 0.1) is 12.9 Å². The second-order valence-electron chi connectivity index (χ2n) is 4.04. The van der Waals surface area contributed by atoms with Crippen LogP contribution in [0.1, 0.15) is 5.56 Å². The minimum Gasteiger partial charge on any atom is -0.368 e. The lowest BCUT2D eigenvalue weighted by molar-refractivity contribution is 0.626. The molecule has 19 heavy (non-hydrogen) atoms. The van der Waals surface area contributed by atoms with Crippen LogP contribution in [0.15, 0.2) is 30.6 Å². The molecule has 7 heteroatoms. The summed E-state index contributed by atoms with van der Waals surface area (Å²) in [5, 5.41) is 0.223. The zero-order chi connectivity index (χ0) is 13.4. The minimum atomic E-state index is -0.270. The number of hydrogen-bond donors (Lipinski definition) is 1. The van der Waals surface area contributed by atoms with Gasteiger partial charge in [0, 0.05) is 0 Å². The molecule has 0 radical (unpaired) electrons. The number of benzene rings is 1. The number of fused-ring (bicyclic) bond motifs is 1. The van der Waals surface area contributed by atoms with E-state index in [4.69, 9.17) is 17.3 Å². The van der Waals surface area contributed by atoms with Gasteiger partial charge in [-0.3, -0.25) is 0 Å². The van der Waals surface area contributed by atoms with Crippen LogP contribution in [0, 0.1) is 5.82 Å². The SMILES string of the molecule is Nc1nc(Cl)c2ncn(Cc3ccc(F)cc3)c2n1. The summed E-state index contributed by atoms with van der Waals surface area (Å²) < 4.78 is 14.6. The van der Waals surface area contributed by atoms with Crippen molar-refractivity contribution in [2.24, 2.45) is 0 Å². The van der Waals surface area contributed by atoms with Crippen LogP contribution >= 0.6 is 11.6 Å². The van der Waals surface area contributed by atoms with Crippen molar-refractivity contribution < 1.29 is 4.39 Å². The first-order chi connectivity index (χ1) is 9.13. The molecule has 0 spiro atoms. The fourth-order valence-electron chi connectivity index (χ4n) is 1.83. The van der Waals surface area contributed by atoms with Crippen LogP contribution in [0.3, 0.4) is 0 Å². The van der Waals surface area contributed by atoms with E-state index >= 15 is 0 Å². The van der Waals surface area contributed by atoms with Gasteiger partial charge >= 0.3 is 0 Å². The zero-order valence-electron chi connectivity index (χ0n) is 9.72. The summed E-state index contributed by atoms with van der Waals surface area (Å²) in [4.78, 5) is 12.1. The van der Waals surface area contributed by atoms with Crippen LogP contribution in [-0.2, 0) is 6.54 Å². The molecule has 2 heterocycles. The quantitative estimate of drug-likeness (QED) is 0.730. The smallest absolute Gasteiger partial charge is 0.223 e. The molecule has 0 fully saturated rings. The van der Waals surface area contributed by atoms with Gasteiger partial charge in [0.15, 0.2) is 10.8 Å². The van der Waals surface area contributed by atoms with Gasteiger partial charge in [0.2, 0.25) is 5.95 Å². The monoisotopic (exact) mass is 277 g/mol. The number of halogens is 2. The highest BCUT2D eigenvalue weighted by molar-refractivity contribution is 6.33. The highest BCUT2D eigenvalue weighted by atomic mass is 35.5. The van der Waals surface area contributed by atoms with E-state index in [0.717, 1.165) is 5.56 Å². The van der Waals surface area contributed by atoms with Crippen LogP contribution in [0.25, 0.3) is 11.2 Å². The molecule has 0 aliphatic heterocycles.